The zero-order chi connectivity index (χ0) is 22.2. The van der Waals surface area contributed by atoms with Crippen LogP contribution in [0.15, 0.2) is 59.8 Å². The monoisotopic (exact) mass is 424 g/mol. The predicted octanol–water partition coefficient (Wildman–Crippen LogP) is 3.90. The standard InChI is InChI=1S/C24H28N2O5/c1-4-13-30-19-11-10-18(15-20(19)29-3)22-21(16(2)25-24(28)26-22)23(27)31-14-12-17-8-6-5-7-9-17/h5-11,15,22H,4,12-14H2,1-3H3,(H2,25,26,28). The molecule has 0 aromatic heterocycles. The summed E-state index contributed by atoms with van der Waals surface area (Å²) in [5.41, 5.74) is 2.60. The second-order valence-electron chi connectivity index (χ2n) is 7.20. The summed E-state index contributed by atoms with van der Waals surface area (Å²) in [6, 6.07) is 14.1. The van der Waals surface area contributed by atoms with E-state index in [1.807, 2.05) is 43.3 Å². The second kappa shape index (κ2) is 10.5. The Morgan fingerprint density at radius 1 is 1.06 bits per heavy atom. The summed E-state index contributed by atoms with van der Waals surface area (Å²) in [7, 11) is 1.55. The number of rotatable bonds is 9. The number of amides is 2. The topological polar surface area (TPSA) is 85.9 Å². The van der Waals surface area contributed by atoms with Gasteiger partial charge >= 0.3 is 12.0 Å². The molecule has 0 bridgehead atoms. The highest BCUT2D eigenvalue weighted by atomic mass is 16.5. The maximum Gasteiger partial charge on any atom is 0.338 e. The van der Waals surface area contributed by atoms with Gasteiger partial charge in [-0.15, -0.1) is 0 Å². The summed E-state index contributed by atoms with van der Waals surface area (Å²) < 4.78 is 16.7. The Morgan fingerprint density at radius 2 is 1.84 bits per heavy atom. The third kappa shape index (κ3) is 5.57. The van der Waals surface area contributed by atoms with Crippen molar-refractivity contribution < 1.29 is 23.8 Å². The van der Waals surface area contributed by atoms with Gasteiger partial charge in [-0.05, 0) is 36.6 Å². The minimum Gasteiger partial charge on any atom is -0.493 e. The highest BCUT2D eigenvalue weighted by Crippen LogP contribution is 2.34. The van der Waals surface area contributed by atoms with Gasteiger partial charge in [0.15, 0.2) is 11.5 Å². The lowest BCUT2D eigenvalue weighted by Crippen LogP contribution is -2.45. The van der Waals surface area contributed by atoms with Crippen LogP contribution in [0.2, 0.25) is 0 Å². The molecule has 1 heterocycles. The number of nitrogens with one attached hydrogen (secondary N) is 2. The molecule has 1 unspecified atom stereocenters. The van der Waals surface area contributed by atoms with Crippen molar-refractivity contribution in [1.29, 1.82) is 0 Å². The lowest BCUT2D eigenvalue weighted by Gasteiger charge is -2.28. The van der Waals surface area contributed by atoms with Crippen molar-refractivity contribution >= 4 is 12.0 Å². The van der Waals surface area contributed by atoms with Gasteiger partial charge in [0.05, 0.1) is 31.9 Å². The number of esters is 1. The Hall–Kier alpha value is -3.48. The molecule has 1 aliphatic rings. The summed E-state index contributed by atoms with van der Waals surface area (Å²) in [6.45, 7) is 4.52. The minimum absolute atomic E-state index is 0.243. The van der Waals surface area contributed by atoms with E-state index >= 15 is 0 Å². The molecule has 2 amide bonds. The summed E-state index contributed by atoms with van der Waals surface area (Å²) in [5, 5.41) is 5.47. The number of carbonyl (C=O) groups excluding carboxylic acids is 2. The molecule has 7 heteroatoms. The van der Waals surface area contributed by atoms with E-state index in [4.69, 9.17) is 14.2 Å². The van der Waals surface area contributed by atoms with Crippen LogP contribution < -0.4 is 20.1 Å². The smallest absolute Gasteiger partial charge is 0.338 e. The summed E-state index contributed by atoms with van der Waals surface area (Å²) in [4.78, 5) is 25.0. The Balaban J connectivity index is 1.80. The normalized spacial score (nSPS) is 15.7. The van der Waals surface area contributed by atoms with Gasteiger partial charge in [-0.1, -0.05) is 43.3 Å². The van der Waals surface area contributed by atoms with E-state index in [1.165, 1.54) is 0 Å². The molecule has 3 rings (SSSR count). The highest BCUT2D eigenvalue weighted by Gasteiger charge is 2.32. The SMILES string of the molecule is CCCOc1ccc(C2NC(=O)NC(C)=C2C(=O)OCCc2ccccc2)cc1OC. The van der Waals surface area contributed by atoms with Crippen LogP contribution in [0, 0.1) is 0 Å². The van der Waals surface area contributed by atoms with E-state index < -0.39 is 12.0 Å². The van der Waals surface area contributed by atoms with Crippen LogP contribution in [0.1, 0.15) is 37.4 Å². The van der Waals surface area contributed by atoms with E-state index in [9.17, 15) is 9.59 Å². The van der Waals surface area contributed by atoms with E-state index in [0.717, 1.165) is 12.0 Å². The summed E-state index contributed by atoms with van der Waals surface area (Å²) >= 11 is 0. The molecule has 0 aliphatic carbocycles. The van der Waals surface area contributed by atoms with Crippen LogP contribution in [-0.2, 0) is 16.0 Å². The van der Waals surface area contributed by atoms with E-state index in [1.54, 1.807) is 26.2 Å². The van der Waals surface area contributed by atoms with Gasteiger partial charge in [-0.25, -0.2) is 9.59 Å². The maximum absolute atomic E-state index is 12.9. The Bertz CT molecular complexity index is 956. The molecule has 7 nitrogen and oxygen atoms in total. The number of hydrogen-bond donors (Lipinski definition) is 2. The predicted molar refractivity (Wildman–Crippen MR) is 117 cm³/mol. The van der Waals surface area contributed by atoms with Gasteiger partial charge in [-0.2, -0.15) is 0 Å². The van der Waals surface area contributed by atoms with Crippen molar-refractivity contribution in [2.75, 3.05) is 20.3 Å². The molecular weight excluding hydrogens is 396 g/mol. The zero-order valence-corrected chi connectivity index (χ0v) is 18.1. The molecule has 0 saturated carbocycles. The number of ether oxygens (including phenoxy) is 3. The van der Waals surface area contributed by atoms with Gasteiger partial charge in [-0.3, -0.25) is 0 Å². The van der Waals surface area contributed by atoms with Crippen LogP contribution in [0.5, 0.6) is 11.5 Å². The molecule has 31 heavy (non-hydrogen) atoms. The van der Waals surface area contributed by atoms with E-state index in [0.29, 0.717) is 41.4 Å². The first-order chi connectivity index (χ1) is 15.0. The van der Waals surface area contributed by atoms with Crippen LogP contribution in [0.25, 0.3) is 0 Å². The number of carbonyl (C=O) groups is 2. The van der Waals surface area contributed by atoms with Crippen molar-refractivity contribution in [3.05, 3.63) is 70.9 Å². The van der Waals surface area contributed by atoms with Gasteiger partial charge < -0.3 is 24.8 Å². The molecule has 2 N–H and O–H groups in total. The van der Waals surface area contributed by atoms with Gasteiger partial charge in [0.2, 0.25) is 0 Å². The second-order valence-corrected chi connectivity index (χ2v) is 7.20. The van der Waals surface area contributed by atoms with Gasteiger partial charge in [0, 0.05) is 12.1 Å². The fourth-order valence-electron chi connectivity index (χ4n) is 3.39. The number of hydrogen-bond acceptors (Lipinski definition) is 5. The average molecular weight is 424 g/mol. The number of methoxy groups -OCH3 is 1. The molecule has 0 saturated heterocycles. The maximum atomic E-state index is 12.9. The average Bonchev–Trinajstić information content (AvgIpc) is 2.77. The van der Waals surface area contributed by atoms with Crippen molar-refractivity contribution in [1.82, 2.24) is 10.6 Å². The Kier molecular flexibility index (Phi) is 7.54. The molecule has 0 fully saturated rings. The molecule has 2 aromatic carbocycles. The first-order valence-corrected chi connectivity index (χ1v) is 10.3. The molecule has 1 atom stereocenters. The molecule has 164 valence electrons. The van der Waals surface area contributed by atoms with Crippen LogP contribution in [-0.4, -0.2) is 32.3 Å². The molecule has 0 spiro atoms. The highest BCUT2D eigenvalue weighted by molar-refractivity contribution is 5.95. The van der Waals surface area contributed by atoms with E-state index in [2.05, 4.69) is 10.6 Å². The van der Waals surface area contributed by atoms with Gasteiger partial charge in [0.25, 0.3) is 0 Å². The minimum atomic E-state index is -0.660. The van der Waals surface area contributed by atoms with Crippen molar-refractivity contribution in [3.63, 3.8) is 0 Å². The van der Waals surface area contributed by atoms with Crippen molar-refractivity contribution in [3.8, 4) is 11.5 Å². The fourth-order valence-corrected chi connectivity index (χ4v) is 3.39. The first-order valence-electron chi connectivity index (χ1n) is 10.3. The first kappa shape index (κ1) is 22.2. The third-order valence-corrected chi connectivity index (χ3v) is 4.94. The molecule has 0 radical (unpaired) electrons. The number of benzene rings is 2. The third-order valence-electron chi connectivity index (χ3n) is 4.94. The van der Waals surface area contributed by atoms with Crippen LogP contribution in [0.4, 0.5) is 4.79 Å². The Labute approximate surface area is 182 Å². The molecule has 1 aliphatic heterocycles. The number of allylic oxidation sites excluding steroid dienone is 1. The van der Waals surface area contributed by atoms with Crippen molar-refractivity contribution in [2.45, 2.75) is 32.7 Å². The molecule has 2 aromatic rings. The van der Waals surface area contributed by atoms with Crippen molar-refractivity contribution in [2.24, 2.45) is 0 Å². The zero-order valence-electron chi connectivity index (χ0n) is 18.1. The lowest BCUT2D eigenvalue weighted by atomic mass is 9.95. The van der Waals surface area contributed by atoms with E-state index in [-0.39, 0.29) is 12.6 Å². The summed E-state index contributed by atoms with van der Waals surface area (Å²) in [5.74, 6) is 0.672. The van der Waals surface area contributed by atoms with Crippen LogP contribution in [0.3, 0.4) is 0 Å². The molecular formula is C24H28N2O5. The van der Waals surface area contributed by atoms with Crippen LogP contribution >= 0.6 is 0 Å². The largest absolute Gasteiger partial charge is 0.493 e. The Morgan fingerprint density at radius 3 is 2.55 bits per heavy atom. The fraction of sp³-hybridized carbons (Fsp3) is 0.333. The lowest BCUT2D eigenvalue weighted by molar-refractivity contribution is -0.139. The number of urea groups is 1. The quantitative estimate of drug-likeness (QED) is 0.597. The van der Waals surface area contributed by atoms with Gasteiger partial charge in [0.1, 0.15) is 0 Å². The summed E-state index contributed by atoms with van der Waals surface area (Å²) in [6.07, 6.45) is 1.48.